The fourth-order valence-corrected chi connectivity index (χ4v) is 3.35. The second kappa shape index (κ2) is 7.65. The minimum atomic E-state index is -0.531. The van der Waals surface area contributed by atoms with E-state index in [1.807, 2.05) is 18.2 Å². The Morgan fingerprint density at radius 3 is 2.81 bits per heavy atom. The molecule has 2 heterocycles. The highest BCUT2D eigenvalue weighted by atomic mass is 16.2. The van der Waals surface area contributed by atoms with Gasteiger partial charge in [-0.15, -0.1) is 5.10 Å². The van der Waals surface area contributed by atoms with E-state index in [2.05, 4.69) is 39.6 Å². The summed E-state index contributed by atoms with van der Waals surface area (Å²) in [6.07, 6.45) is 3.56. The molecule has 8 nitrogen and oxygen atoms in total. The van der Waals surface area contributed by atoms with Crippen LogP contribution in [0.1, 0.15) is 35.8 Å². The normalized spacial score (nSPS) is 20.2. The van der Waals surface area contributed by atoms with Gasteiger partial charge in [0.1, 0.15) is 6.54 Å². The fourth-order valence-electron chi connectivity index (χ4n) is 3.35. The highest BCUT2D eigenvalue weighted by Gasteiger charge is 2.36. The van der Waals surface area contributed by atoms with E-state index >= 15 is 0 Å². The van der Waals surface area contributed by atoms with E-state index in [0.717, 1.165) is 25.9 Å². The van der Waals surface area contributed by atoms with Gasteiger partial charge in [0.05, 0.1) is 6.20 Å². The van der Waals surface area contributed by atoms with Gasteiger partial charge in [-0.05, 0) is 31.9 Å². The van der Waals surface area contributed by atoms with Gasteiger partial charge in [0.15, 0.2) is 5.69 Å². The number of rotatable bonds is 7. The van der Waals surface area contributed by atoms with Crippen molar-refractivity contribution in [3.05, 3.63) is 47.8 Å². The van der Waals surface area contributed by atoms with Crippen LogP contribution in [0.15, 0.2) is 36.5 Å². The summed E-state index contributed by atoms with van der Waals surface area (Å²) < 4.78 is 1.26. The number of nitrogens with zero attached hydrogens (tertiary/aromatic N) is 4. The van der Waals surface area contributed by atoms with Crippen LogP contribution in [-0.4, -0.2) is 50.3 Å². The fraction of sp³-hybridized carbons (Fsp3) is 0.444. The number of carbonyl (C=O) groups excluding carboxylic acids is 2. The summed E-state index contributed by atoms with van der Waals surface area (Å²) in [6, 6.07) is 10.3. The van der Waals surface area contributed by atoms with Crippen LogP contribution in [-0.2, 0) is 17.9 Å². The Morgan fingerprint density at radius 2 is 2.08 bits per heavy atom. The number of benzene rings is 1. The average molecular weight is 356 g/mol. The van der Waals surface area contributed by atoms with Crippen molar-refractivity contribution in [2.75, 3.05) is 13.1 Å². The molecule has 1 aromatic carbocycles. The molecule has 138 valence electrons. The second-order valence-electron chi connectivity index (χ2n) is 6.96. The number of amides is 2. The molecular formula is C18H24N6O2. The first-order valence-corrected chi connectivity index (χ1v) is 8.72. The van der Waals surface area contributed by atoms with Crippen molar-refractivity contribution in [2.24, 2.45) is 5.73 Å². The Morgan fingerprint density at radius 1 is 1.31 bits per heavy atom. The zero-order chi connectivity index (χ0) is 18.6. The van der Waals surface area contributed by atoms with E-state index in [4.69, 9.17) is 5.73 Å². The van der Waals surface area contributed by atoms with Crippen molar-refractivity contribution in [3.8, 4) is 0 Å². The molecule has 8 heteroatoms. The Kier molecular flexibility index (Phi) is 5.32. The SMILES string of the molecule is CC1(CNC(=O)c2cn(CC(N)=O)nn2)CCCN1Cc1ccccc1. The third kappa shape index (κ3) is 4.26. The largest absolute Gasteiger partial charge is 0.368 e. The van der Waals surface area contributed by atoms with Gasteiger partial charge in [-0.1, -0.05) is 35.5 Å². The van der Waals surface area contributed by atoms with Gasteiger partial charge < -0.3 is 11.1 Å². The van der Waals surface area contributed by atoms with Crippen LogP contribution in [0.2, 0.25) is 0 Å². The third-order valence-electron chi connectivity index (χ3n) is 4.84. The molecule has 2 aromatic rings. The molecule has 1 unspecified atom stereocenters. The molecule has 2 amide bonds. The van der Waals surface area contributed by atoms with Gasteiger partial charge >= 0.3 is 0 Å². The van der Waals surface area contributed by atoms with Crippen molar-refractivity contribution >= 4 is 11.8 Å². The van der Waals surface area contributed by atoms with E-state index in [1.54, 1.807) is 0 Å². The molecular weight excluding hydrogens is 332 g/mol. The molecule has 3 rings (SSSR count). The monoisotopic (exact) mass is 356 g/mol. The van der Waals surface area contributed by atoms with E-state index in [-0.39, 0.29) is 23.7 Å². The van der Waals surface area contributed by atoms with Crippen molar-refractivity contribution < 1.29 is 9.59 Å². The number of likely N-dealkylation sites (tertiary alicyclic amines) is 1. The molecule has 0 aliphatic carbocycles. The lowest BCUT2D eigenvalue weighted by molar-refractivity contribution is -0.118. The van der Waals surface area contributed by atoms with Crippen LogP contribution in [0.4, 0.5) is 0 Å². The van der Waals surface area contributed by atoms with Gasteiger partial charge in [0, 0.05) is 18.6 Å². The predicted octanol–water partition coefficient (Wildman–Crippen LogP) is 0.548. The summed E-state index contributed by atoms with van der Waals surface area (Å²) in [5.41, 5.74) is 6.46. The maximum Gasteiger partial charge on any atom is 0.273 e. The summed E-state index contributed by atoms with van der Waals surface area (Å²) in [4.78, 5) is 25.7. The lowest BCUT2D eigenvalue weighted by atomic mass is 9.98. The van der Waals surface area contributed by atoms with Gasteiger partial charge in [-0.25, -0.2) is 4.68 Å². The minimum absolute atomic E-state index is 0.0944. The molecule has 0 radical (unpaired) electrons. The number of primary amides is 1. The first kappa shape index (κ1) is 18.1. The van der Waals surface area contributed by atoms with Gasteiger partial charge in [-0.2, -0.15) is 0 Å². The Labute approximate surface area is 152 Å². The van der Waals surface area contributed by atoms with Crippen LogP contribution in [0.3, 0.4) is 0 Å². The quantitative estimate of drug-likeness (QED) is 0.753. The zero-order valence-corrected chi connectivity index (χ0v) is 14.9. The maximum atomic E-state index is 12.3. The smallest absolute Gasteiger partial charge is 0.273 e. The van der Waals surface area contributed by atoms with Crippen LogP contribution < -0.4 is 11.1 Å². The highest BCUT2D eigenvalue weighted by molar-refractivity contribution is 5.91. The number of hydrogen-bond donors (Lipinski definition) is 2. The summed E-state index contributed by atoms with van der Waals surface area (Å²) in [5, 5.41) is 10.5. The van der Waals surface area contributed by atoms with Gasteiger partial charge in [-0.3, -0.25) is 14.5 Å². The Bertz CT molecular complexity index is 775. The summed E-state index contributed by atoms with van der Waals surface area (Å²) in [5.74, 6) is -0.828. The van der Waals surface area contributed by atoms with Crippen LogP contribution in [0, 0.1) is 0 Å². The molecule has 0 bridgehead atoms. The standard InChI is InChI=1S/C18H24N6O2/c1-18(8-5-9-23(18)10-14-6-3-2-4-7-14)13-20-17(26)15-11-24(22-21-15)12-16(19)25/h2-4,6-7,11H,5,8-10,12-13H2,1H3,(H2,19,25)(H,20,26). The number of nitrogens with one attached hydrogen (secondary N) is 1. The van der Waals surface area contributed by atoms with Gasteiger partial charge in [0.2, 0.25) is 5.91 Å². The molecule has 1 saturated heterocycles. The molecule has 1 atom stereocenters. The molecule has 1 aromatic heterocycles. The topological polar surface area (TPSA) is 106 Å². The molecule has 3 N–H and O–H groups in total. The van der Waals surface area contributed by atoms with E-state index in [1.165, 1.54) is 16.4 Å². The lowest BCUT2D eigenvalue weighted by Gasteiger charge is -2.35. The minimum Gasteiger partial charge on any atom is -0.368 e. The maximum absolute atomic E-state index is 12.3. The first-order chi connectivity index (χ1) is 12.5. The Balaban J connectivity index is 1.59. The van der Waals surface area contributed by atoms with Crippen molar-refractivity contribution in [2.45, 2.75) is 38.4 Å². The van der Waals surface area contributed by atoms with Crippen LogP contribution in [0.5, 0.6) is 0 Å². The summed E-state index contributed by atoms with van der Waals surface area (Å²) in [7, 11) is 0. The van der Waals surface area contributed by atoms with E-state index in [9.17, 15) is 9.59 Å². The van der Waals surface area contributed by atoms with Crippen molar-refractivity contribution in [3.63, 3.8) is 0 Å². The highest BCUT2D eigenvalue weighted by Crippen LogP contribution is 2.30. The van der Waals surface area contributed by atoms with Gasteiger partial charge in [0.25, 0.3) is 5.91 Å². The molecule has 1 fully saturated rings. The van der Waals surface area contributed by atoms with E-state index < -0.39 is 5.91 Å². The van der Waals surface area contributed by atoms with Crippen molar-refractivity contribution in [1.29, 1.82) is 0 Å². The van der Waals surface area contributed by atoms with E-state index in [0.29, 0.717) is 6.54 Å². The lowest BCUT2D eigenvalue weighted by Crippen LogP contribution is -2.49. The van der Waals surface area contributed by atoms with Crippen LogP contribution >= 0.6 is 0 Å². The summed E-state index contributed by atoms with van der Waals surface area (Å²) in [6.45, 7) is 4.48. The Hall–Kier alpha value is -2.74. The molecule has 0 saturated carbocycles. The van der Waals surface area contributed by atoms with Crippen molar-refractivity contribution in [1.82, 2.24) is 25.2 Å². The predicted molar refractivity (Wildman–Crippen MR) is 96.0 cm³/mol. The third-order valence-corrected chi connectivity index (χ3v) is 4.84. The molecule has 26 heavy (non-hydrogen) atoms. The molecule has 1 aliphatic rings. The number of carbonyl (C=O) groups is 2. The molecule has 1 aliphatic heterocycles. The second-order valence-corrected chi connectivity index (χ2v) is 6.96. The summed E-state index contributed by atoms with van der Waals surface area (Å²) >= 11 is 0. The average Bonchev–Trinajstić information content (AvgIpc) is 3.21. The zero-order valence-electron chi connectivity index (χ0n) is 14.9. The molecule has 0 spiro atoms. The van der Waals surface area contributed by atoms with Crippen LogP contribution in [0.25, 0.3) is 0 Å². The number of aromatic nitrogens is 3. The first-order valence-electron chi connectivity index (χ1n) is 8.72. The number of hydrogen-bond acceptors (Lipinski definition) is 5. The number of nitrogens with two attached hydrogens (primary N) is 1.